The lowest BCUT2D eigenvalue weighted by Gasteiger charge is -2.18. The summed E-state index contributed by atoms with van der Waals surface area (Å²) in [6, 6.07) is 6.76. The van der Waals surface area contributed by atoms with Crippen LogP contribution in [0.25, 0.3) is 10.9 Å². The Hall–Kier alpha value is -1.75. The van der Waals surface area contributed by atoms with E-state index in [2.05, 4.69) is 4.98 Å². The monoisotopic (exact) mass is 351 g/mol. The molecule has 0 bridgehead atoms. The molecule has 1 aromatic heterocycles. The zero-order valence-electron chi connectivity index (χ0n) is 14.1. The van der Waals surface area contributed by atoms with E-state index in [1.54, 1.807) is 32.0 Å². The summed E-state index contributed by atoms with van der Waals surface area (Å²) in [7, 11) is -3.27. The summed E-state index contributed by atoms with van der Waals surface area (Å²) in [5, 5.41) is 9.91. The number of fused-ring (bicyclic) bond motifs is 1. The van der Waals surface area contributed by atoms with Gasteiger partial charge in [-0.25, -0.2) is 4.79 Å². The molecular formula is C17H22NO5P. The van der Waals surface area contributed by atoms with E-state index in [9.17, 15) is 14.5 Å². The third-order valence-electron chi connectivity index (χ3n) is 3.63. The number of aryl methyl sites for hydroxylation is 1. The fraction of sp³-hybridized carbons (Fsp3) is 0.412. The summed E-state index contributed by atoms with van der Waals surface area (Å²) in [5.41, 5.74) is 2.23. The van der Waals surface area contributed by atoms with Crippen molar-refractivity contribution >= 4 is 24.5 Å². The van der Waals surface area contributed by atoms with Gasteiger partial charge < -0.3 is 14.2 Å². The Kier molecular flexibility index (Phi) is 6.10. The second-order valence-corrected chi connectivity index (χ2v) is 7.28. The molecule has 6 nitrogen and oxygen atoms in total. The predicted molar refractivity (Wildman–Crippen MR) is 92.6 cm³/mol. The number of hydrogen-bond acceptors (Lipinski definition) is 5. The van der Waals surface area contributed by atoms with E-state index in [0.29, 0.717) is 23.0 Å². The van der Waals surface area contributed by atoms with E-state index in [-0.39, 0.29) is 24.9 Å². The summed E-state index contributed by atoms with van der Waals surface area (Å²) in [4.78, 5) is 15.9. The van der Waals surface area contributed by atoms with Crippen LogP contribution in [0.2, 0.25) is 0 Å². The average molecular weight is 351 g/mol. The van der Waals surface area contributed by atoms with E-state index < -0.39 is 13.6 Å². The molecule has 130 valence electrons. The number of hydrogen-bond donors (Lipinski definition) is 1. The summed E-state index contributed by atoms with van der Waals surface area (Å²) in [6.45, 7) is 6.05. The molecule has 0 aliphatic rings. The molecule has 0 atom stereocenters. The molecule has 0 aliphatic carbocycles. The maximum atomic E-state index is 12.8. The normalized spacial score (nSPS) is 11.8. The van der Waals surface area contributed by atoms with Gasteiger partial charge in [-0.2, -0.15) is 0 Å². The zero-order chi connectivity index (χ0) is 17.7. The molecule has 0 amide bonds. The fourth-order valence-electron chi connectivity index (χ4n) is 2.61. The van der Waals surface area contributed by atoms with Crippen LogP contribution in [0.1, 0.15) is 42.4 Å². The molecule has 1 N–H and O–H groups in total. The molecule has 1 heterocycles. The van der Waals surface area contributed by atoms with E-state index >= 15 is 0 Å². The minimum atomic E-state index is -3.27. The number of carbonyl (C=O) groups is 1. The smallest absolute Gasteiger partial charge is 0.336 e. The van der Waals surface area contributed by atoms with Crippen LogP contribution in [0.4, 0.5) is 0 Å². The summed E-state index contributed by atoms with van der Waals surface area (Å²) >= 11 is 0. The van der Waals surface area contributed by atoms with Crippen LogP contribution in [0.5, 0.6) is 0 Å². The van der Waals surface area contributed by atoms with Crippen molar-refractivity contribution in [1.29, 1.82) is 0 Å². The topological polar surface area (TPSA) is 85.7 Å². The van der Waals surface area contributed by atoms with Gasteiger partial charge in [0.05, 0.1) is 36.1 Å². The van der Waals surface area contributed by atoms with Crippen LogP contribution in [0.3, 0.4) is 0 Å². The lowest BCUT2D eigenvalue weighted by atomic mass is 10.0. The van der Waals surface area contributed by atoms with E-state index in [4.69, 9.17) is 9.05 Å². The second kappa shape index (κ2) is 7.88. The third kappa shape index (κ3) is 4.01. The number of carboxylic acid groups (broad SMARTS) is 1. The highest BCUT2D eigenvalue weighted by Gasteiger charge is 2.26. The van der Waals surface area contributed by atoms with Crippen LogP contribution >= 0.6 is 7.60 Å². The number of nitrogens with zero attached hydrogens (tertiary/aromatic N) is 1. The molecule has 0 fully saturated rings. The molecule has 0 aliphatic heterocycles. The lowest BCUT2D eigenvalue weighted by Crippen LogP contribution is -2.05. The SMILES string of the molecule is CCOP(=O)(Cc1nc2cccc(C(=O)O)c2cc1CC)OCC. The first kappa shape index (κ1) is 18.6. The fourth-order valence-corrected chi connectivity index (χ4v) is 4.30. The Morgan fingerprint density at radius 1 is 1.21 bits per heavy atom. The van der Waals surface area contributed by atoms with Crippen molar-refractivity contribution in [3.63, 3.8) is 0 Å². The van der Waals surface area contributed by atoms with E-state index in [1.807, 2.05) is 13.0 Å². The largest absolute Gasteiger partial charge is 0.478 e. The second-order valence-electron chi connectivity index (χ2n) is 5.23. The molecule has 2 aromatic rings. The van der Waals surface area contributed by atoms with E-state index in [0.717, 1.165) is 5.56 Å². The van der Waals surface area contributed by atoms with Crippen molar-refractivity contribution in [2.45, 2.75) is 33.4 Å². The number of rotatable bonds is 8. The molecular weight excluding hydrogens is 329 g/mol. The predicted octanol–water partition coefficient (Wildman–Crippen LogP) is 4.26. The van der Waals surface area contributed by atoms with Crippen LogP contribution in [0, 0.1) is 0 Å². The Labute approximate surface area is 141 Å². The Morgan fingerprint density at radius 3 is 2.42 bits per heavy atom. The van der Waals surface area contributed by atoms with Crippen molar-refractivity contribution in [2.24, 2.45) is 0 Å². The Morgan fingerprint density at radius 2 is 1.88 bits per heavy atom. The molecule has 0 radical (unpaired) electrons. The van der Waals surface area contributed by atoms with Gasteiger partial charge in [0.15, 0.2) is 0 Å². The molecule has 0 spiro atoms. The first-order valence-corrected chi connectivity index (χ1v) is 9.69. The Balaban J connectivity index is 2.54. The van der Waals surface area contributed by atoms with Gasteiger partial charge in [-0.1, -0.05) is 13.0 Å². The number of pyridine rings is 1. The molecule has 7 heteroatoms. The minimum Gasteiger partial charge on any atom is -0.478 e. The van der Waals surface area contributed by atoms with Gasteiger partial charge in [0.25, 0.3) is 0 Å². The van der Waals surface area contributed by atoms with Crippen molar-refractivity contribution in [2.75, 3.05) is 13.2 Å². The van der Waals surface area contributed by atoms with Gasteiger partial charge in [0.1, 0.15) is 0 Å². The molecule has 0 saturated carbocycles. The van der Waals surface area contributed by atoms with Crippen LogP contribution in [-0.4, -0.2) is 29.3 Å². The summed E-state index contributed by atoms with van der Waals surface area (Å²) < 4.78 is 23.5. The van der Waals surface area contributed by atoms with Gasteiger partial charge in [0, 0.05) is 5.39 Å². The molecule has 1 aromatic carbocycles. The average Bonchev–Trinajstić information content (AvgIpc) is 2.53. The maximum Gasteiger partial charge on any atom is 0.336 e. The summed E-state index contributed by atoms with van der Waals surface area (Å²) in [5.74, 6) is -0.994. The summed E-state index contributed by atoms with van der Waals surface area (Å²) in [6.07, 6.45) is 0.718. The van der Waals surface area contributed by atoms with Gasteiger partial charge in [0.2, 0.25) is 0 Å². The minimum absolute atomic E-state index is 0.0745. The van der Waals surface area contributed by atoms with Crippen molar-refractivity contribution < 1.29 is 23.5 Å². The quantitative estimate of drug-likeness (QED) is 0.715. The third-order valence-corrected chi connectivity index (χ3v) is 5.62. The van der Waals surface area contributed by atoms with Crippen LogP contribution in [-0.2, 0) is 26.2 Å². The van der Waals surface area contributed by atoms with Crippen molar-refractivity contribution in [3.05, 3.63) is 41.1 Å². The van der Waals surface area contributed by atoms with Crippen molar-refractivity contribution in [3.8, 4) is 0 Å². The Bertz CT molecular complexity index is 780. The van der Waals surface area contributed by atoms with Gasteiger partial charge >= 0.3 is 13.6 Å². The maximum absolute atomic E-state index is 12.8. The highest BCUT2D eigenvalue weighted by Crippen LogP contribution is 2.51. The number of benzene rings is 1. The van der Waals surface area contributed by atoms with E-state index in [1.165, 1.54) is 0 Å². The molecule has 2 rings (SSSR count). The van der Waals surface area contributed by atoms with Crippen molar-refractivity contribution in [1.82, 2.24) is 4.98 Å². The standard InChI is InChI=1S/C17H22NO5P/c1-4-12-10-14-13(17(19)20)8-7-9-15(14)18-16(12)11-24(21,22-5-2)23-6-3/h7-10H,4-6,11H2,1-3H3,(H,19,20). The number of aromatic carboxylic acids is 1. The highest BCUT2D eigenvalue weighted by molar-refractivity contribution is 7.53. The molecule has 0 unspecified atom stereocenters. The van der Waals surface area contributed by atoms with Crippen LogP contribution < -0.4 is 0 Å². The lowest BCUT2D eigenvalue weighted by molar-refractivity contribution is 0.0699. The first-order valence-electron chi connectivity index (χ1n) is 7.97. The number of carboxylic acids is 1. The van der Waals surface area contributed by atoms with Gasteiger partial charge in [-0.05, 0) is 44.0 Å². The van der Waals surface area contributed by atoms with Crippen LogP contribution in [0.15, 0.2) is 24.3 Å². The zero-order valence-corrected chi connectivity index (χ0v) is 15.0. The molecule has 24 heavy (non-hydrogen) atoms. The van der Waals surface area contributed by atoms with Gasteiger partial charge in [-0.15, -0.1) is 0 Å². The first-order chi connectivity index (χ1) is 11.4. The number of aromatic nitrogens is 1. The van der Waals surface area contributed by atoms with Gasteiger partial charge in [-0.3, -0.25) is 9.55 Å². The molecule has 0 saturated heterocycles. The highest BCUT2D eigenvalue weighted by atomic mass is 31.2.